The second kappa shape index (κ2) is 7.38. The molecule has 6 nitrogen and oxygen atoms in total. The number of rotatable bonds is 7. The molecule has 0 radical (unpaired) electrons. The van der Waals surface area contributed by atoms with Gasteiger partial charge in [0.05, 0.1) is 23.0 Å². The highest BCUT2D eigenvalue weighted by Gasteiger charge is 2.43. The van der Waals surface area contributed by atoms with Crippen LogP contribution in [0.4, 0.5) is 0 Å². The lowest BCUT2D eigenvalue weighted by Gasteiger charge is -2.37. The molecule has 1 aliphatic rings. The van der Waals surface area contributed by atoms with Crippen molar-refractivity contribution in [1.29, 1.82) is 0 Å². The Bertz CT molecular complexity index is 948. The molecule has 0 saturated carbocycles. The average molecular weight is 396 g/mol. The van der Waals surface area contributed by atoms with Gasteiger partial charge in [-0.25, -0.2) is 16.8 Å². The number of nitrogens with zero attached hydrogens (tertiary/aromatic N) is 1. The molecular weight excluding hydrogens is 374 g/mol. The van der Waals surface area contributed by atoms with Crippen LogP contribution in [0.25, 0.3) is 0 Å². The van der Waals surface area contributed by atoms with Gasteiger partial charge in [-0.2, -0.15) is 4.31 Å². The number of sulfone groups is 1. The van der Waals surface area contributed by atoms with Gasteiger partial charge in [0.25, 0.3) is 0 Å². The topological polar surface area (TPSA) is 80.8 Å². The van der Waals surface area contributed by atoms with E-state index in [0.29, 0.717) is 12.2 Å². The van der Waals surface area contributed by atoms with E-state index in [4.69, 9.17) is 4.74 Å². The van der Waals surface area contributed by atoms with E-state index < -0.39 is 25.1 Å². The number of hydrogen-bond donors (Lipinski definition) is 0. The van der Waals surface area contributed by atoms with Gasteiger partial charge in [-0.3, -0.25) is 0 Å². The molecule has 0 spiro atoms. The summed E-state index contributed by atoms with van der Waals surface area (Å²) in [5, 5.41) is -0.706. The summed E-state index contributed by atoms with van der Waals surface area (Å²) in [6, 6.07) is 15.5. The quantitative estimate of drug-likeness (QED) is 0.713. The van der Waals surface area contributed by atoms with E-state index in [2.05, 4.69) is 0 Å². The Morgan fingerprint density at radius 3 is 2.15 bits per heavy atom. The van der Waals surface area contributed by atoms with Crippen LogP contribution >= 0.6 is 0 Å². The molecule has 0 N–H and O–H groups in total. The maximum Gasteiger partial charge on any atom is 0.214 e. The Balaban J connectivity index is 1.61. The number of hydrogen-bond acceptors (Lipinski definition) is 5. The van der Waals surface area contributed by atoms with E-state index >= 15 is 0 Å². The van der Waals surface area contributed by atoms with Gasteiger partial charge < -0.3 is 4.74 Å². The van der Waals surface area contributed by atoms with Crippen LogP contribution in [0.1, 0.15) is 5.56 Å². The molecule has 140 valence electrons. The molecule has 0 unspecified atom stereocenters. The predicted molar refractivity (Wildman–Crippen MR) is 99.5 cm³/mol. The minimum Gasteiger partial charge on any atom is -0.497 e. The van der Waals surface area contributed by atoms with Crippen molar-refractivity contribution >= 4 is 19.9 Å². The normalized spacial score (nSPS) is 16.2. The van der Waals surface area contributed by atoms with Crippen molar-refractivity contribution in [3.05, 3.63) is 60.2 Å². The molecule has 2 aromatic rings. The van der Waals surface area contributed by atoms with Crippen LogP contribution in [0.2, 0.25) is 0 Å². The van der Waals surface area contributed by atoms with Crippen molar-refractivity contribution in [2.24, 2.45) is 0 Å². The van der Waals surface area contributed by atoms with Gasteiger partial charge >= 0.3 is 0 Å². The number of sulfonamides is 1. The largest absolute Gasteiger partial charge is 0.497 e. The first kappa shape index (κ1) is 18.9. The number of ether oxygens (including phenoxy) is 1. The fourth-order valence-electron chi connectivity index (χ4n) is 2.80. The second-order valence-electron chi connectivity index (χ2n) is 6.21. The Morgan fingerprint density at radius 1 is 0.962 bits per heavy atom. The van der Waals surface area contributed by atoms with Crippen molar-refractivity contribution in [2.75, 3.05) is 26.0 Å². The summed E-state index contributed by atoms with van der Waals surface area (Å²) >= 11 is 0. The minimum atomic E-state index is -3.55. The van der Waals surface area contributed by atoms with E-state index in [1.54, 1.807) is 12.1 Å². The van der Waals surface area contributed by atoms with Crippen LogP contribution < -0.4 is 4.74 Å². The molecule has 3 rings (SSSR count). The summed E-state index contributed by atoms with van der Waals surface area (Å²) < 4.78 is 56.3. The minimum absolute atomic E-state index is 0.00544. The van der Waals surface area contributed by atoms with Gasteiger partial charge in [0.15, 0.2) is 9.84 Å². The molecule has 8 heteroatoms. The molecule has 0 amide bonds. The smallest absolute Gasteiger partial charge is 0.214 e. The van der Waals surface area contributed by atoms with E-state index in [-0.39, 0.29) is 23.7 Å². The SMILES string of the molecule is COc1ccc(S(=O)(=O)C2CN(S(=O)(=O)CCc3ccccc3)C2)cc1. The van der Waals surface area contributed by atoms with Gasteiger partial charge in [0, 0.05) is 13.1 Å². The average Bonchev–Trinajstić information content (AvgIpc) is 2.59. The molecule has 2 aromatic carbocycles. The first-order valence-electron chi connectivity index (χ1n) is 8.22. The molecule has 1 fully saturated rings. The zero-order chi connectivity index (χ0) is 18.8. The number of benzene rings is 2. The van der Waals surface area contributed by atoms with E-state index in [9.17, 15) is 16.8 Å². The van der Waals surface area contributed by atoms with Crippen LogP contribution in [0.3, 0.4) is 0 Å². The lowest BCUT2D eigenvalue weighted by Crippen LogP contribution is -2.57. The third-order valence-electron chi connectivity index (χ3n) is 4.53. The van der Waals surface area contributed by atoms with E-state index in [0.717, 1.165) is 5.56 Å². The second-order valence-corrected chi connectivity index (χ2v) is 10.5. The van der Waals surface area contributed by atoms with Crippen molar-refractivity contribution in [2.45, 2.75) is 16.6 Å². The Hall–Kier alpha value is -1.90. The molecule has 1 heterocycles. The Labute approximate surface area is 154 Å². The fourth-order valence-corrected chi connectivity index (χ4v) is 6.21. The molecule has 0 aliphatic carbocycles. The molecular formula is C18H21NO5S2. The van der Waals surface area contributed by atoms with Crippen LogP contribution in [-0.4, -0.2) is 52.3 Å². The molecule has 1 aliphatic heterocycles. The van der Waals surface area contributed by atoms with Gasteiger partial charge in [-0.1, -0.05) is 30.3 Å². The van der Waals surface area contributed by atoms with Gasteiger partial charge in [-0.15, -0.1) is 0 Å². The zero-order valence-corrected chi connectivity index (χ0v) is 16.0. The highest BCUT2D eigenvalue weighted by molar-refractivity contribution is 7.92. The zero-order valence-electron chi connectivity index (χ0n) is 14.4. The van der Waals surface area contributed by atoms with Crippen molar-refractivity contribution in [3.63, 3.8) is 0 Å². The highest BCUT2D eigenvalue weighted by atomic mass is 32.2. The maximum absolute atomic E-state index is 12.6. The van der Waals surface area contributed by atoms with Crippen LogP contribution in [0.15, 0.2) is 59.5 Å². The van der Waals surface area contributed by atoms with Crippen molar-refractivity contribution in [1.82, 2.24) is 4.31 Å². The fraction of sp³-hybridized carbons (Fsp3) is 0.333. The molecule has 0 aromatic heterocycles. The number of methoxy groups -OCH3 is 1. The van der Waals surface area contributed by atoms with Crippen LogP contribution in [0, 0.1) is 0 Å². The van der Waals surface area contributed by atoms with Crippen molar-refractivity contribution in [3.8, 4) is 5.75 Å². The van der Waals surface area contributed by atoms with E-state index in [1.807, 2.05) is 30.3 Å². The monoisotopic (exact) mass is 395 g/mol. The Morgan fingerprint density at radius 2 is 1.58 bits per heavy atom. The van der Waals surface area contributed by atoms with E-state index in [1.165, 1.54) is 23.5 Å². The lowest BCUT2D eigenvalue weighted by molar-refractivity contribution is 0.309. The lowest BCUT2D eigenvalue weighted by atomic mass is 10.2. The van der Waals surface area contributed by atoms with Gasteiger partial charge in [0.1, 0.15) is 5.75 Å². The molecule has 0 atom stereocenters. The summed E-state index contributed by atoms with van der Waals surface area (Å²) in [7, 11) is -5.50. The standard InChI is InChI=1S/C18H21NO5S2/c1-24-16-7-9-17(10-8-16)26(22,23)18-13-19(14-18)25(20,21)12-11-15-5-3-2-4-6-15/h2-10,18H,11-14H2,1H3. The van der Waals surface area contributed by atoms with Crippen molar-refractivity contribution < 1.29 is 21.6 Å². The first-order chi connectivity index (χ1) is 12.3. The number of aryl methyl sites for hydroxylation is 1. The third-order valence-corrected chi connectivity index (χ3v) is 8.44. The summed E-state index contributed by atoms with van der Waals surface area (Å²) in [4.78, 5) is 0.185. The summed E-state index contributed by atoms with van der Waals surface area (Å²) in [5.74, 6) is 0.550. The van der Waals surface area contributed by atoms with Crippen LogP contribution in [-0.2, 0) is 26.3 Å². The third kappa shape index (κ3) is 3.92. The highest BCUT2D eigenvalue weighted by Crippen LogP contribution is 2.27. The Kier molecular flexibility index (Phi) is 5.36. The maximum atomic E-state index is 12.6. The van der Waals surface area contributed by atoms with Gasteiger partial charge in [0.2, 0.25) is 10.0 Å². The summed E-state index contributed by atoms with van der Waals surface area (Å²) in [5.41, 5.74) is 0.944. The van der Waals surface area contributed by atoms with Gasteiger partial charge in [-0.05, 0) is 36.2 Å². The molecule has 26 heavy (non-hydrogen) atoms. The summed E-state index contributed by atoms with van der Waals surface area (Å²) in [6.07, 6.45) is 0.412. The molecule has 1 saturated heterocycles. The predicted octanol–water partition coefficient (Wildman–Crippen LogP) is 1.73. The van der Waals surface area contributed by atoms with Crippen LogP contribution in [0.5, 0.6) is 5.75 Å². The molecule has 0 bridgehead atoms. The summed E-state index contributed by atoms with van der Waals surface area (Å²) in [6.45, 7) is 0.0109. The first-order valence-corrected chi connectivity index (χ1v) is 11.4.